The van der Waals surface area contributed by atoms with Crippen LogP contribution in [0, 0.1) is 5.41 Å². The molecule has 10 heteroatoms. The van der Waals surface area contributed by atoms with Gasteiger partial charge in [-0.25, -0.2) is 0 Å². The summed E-state index contributed by atoms with van der Waals surface area (Å²) in [5, 5.41) is 7.90. The molecule has 1 saturated heterocycles. The summed E-state index contributed by atoms with van der Waals surface area (Å²) in [5.41, 5.74) is 0.0920. The van der Waals surface area contributed by atoms with Gasteiger partial charge in [0.25, 0.3) is 0 Å². The number of nitrogens with one attached hydrogen (secondary N) is 1. The molecule has 0 aliphatic carbocycles. The van der Waals surface area contributed by atoms with Gasteiger partial charge in [-0.3, -0.25) is 19.6 Å². The highest BCUT2D eigenvalue weighted by molar-refractivity contribution is 5.85. The van der Waals surface area contributed by atoms with Crippen molar-refractivity contribution >= 4 is 24.3 Å². The summed E-state index contributed by atoms with van der Waals surface area (Å²) in [6.45, 7) is 4.57. The Bertz CT molecular complexity index is 1310. The van der Waals surface area contributed by atoms with Gasteiger partial charge in [-0.1, -0.05) is 245 Å². The normalized spacial score (nSPS) is 17.6. The van der Waals surface area contributed by atoms with Crippen molar-refractivity contribution in [2.24, 2.45) is 0 Å². The predicted molar refractivity (Wildman–Crippen MR) is 261 cm³/mol. The number of ether oxygens (including phenoxy) is 4. The highest BCUT2D eigenvalue weighted by atomic mass is 35.5. The van der Waals surface area contributed by atoms with E-state index in [4.69, 9.17) is 24.4 Å². The number of fused-ring (bicyclic) bond motifs is 3. The van der Waals surface area contributed by atoms with Crippen LogP contribution in [-0.4, -0.2) is 46.4 Å². The first-order valence-corrected chi connectivity index (χ1v) is 26.8. The third-order valence-corrected chi connectivity index (χ3v) is 13.3. The molecule has 1 aromatic rings. The number of nitrogens with zero attached hydrogens (tertiary/aromatic N) is 2. The minimum atomic E-state index is -0.730. The molecule has 3 heterocycles. The Morgan fingerprint density at radius 1 is 0.556 bits per heavy atom. The average Bonchev–Trinajstić information content (AvgIpc) is 3.79. The van der Waals surface area contributed by atoms with E-state index in [1.54, 1.807) is 16.8 Å². The molecule has 9 nitrogen and oxygen atoms in total. The zero-order valence-electron chi connectivity index (χ0n) is 40.7. The van der Waals surface area contributed by atoms with Crippen molar-refractivity contribution in [2.75, 3.05) is 6.61 Å². The molecule has 2 aliphatic rings. The average molecular weight is 907 g/mol. The second-order valence-corrected chi connectivity index (χ2v) is 19.0. The minimum Gasteiger partial charge on any atom is -0.463 e. The van der Waals surface area contributed by atoms with E-state index in [2.05, 4.69) is 18.8 Å². The molecule has 0 unspecified atom stereocenters. The first kappa shape index (κ1) is 57.0. The van der Waals surface area contributed by atoms with Crippen LogP contribution < -0.4 is 10.2 Å². The monoisotopic (exact) mass is 906 g/mol. The Balaban J connectivity index is 0.0000137. The Morgan fingerprint density at radius 2 is 0.905 bits per heavy atom. The fraction of sp³-hybridized carbons (Fsp3) is 0.887. The van der Waals surface area contributed by atoms with Crippen LogP contribution in [-0.2, 0) is 23.8 Å². The van der Waals surface area contributed by atoms with Crippen molar-refractivity contribution < 1.29 is 28.5 Å². The number of rotatable bonds is 43. The first-order chi connectivity index (χ1) is 30.5. The van der Waals surface area contributed by atoms with Gasteiger partial charge in [0.15, 0.2) is 23.9 Å². The molecule has 0 bridgehead atoms. The van der Waals surface area contributed by atoms with E-state index < -0.39 is 24.5 Å². The molecule has 4 atom stereocenters. The molecular formula is C53H96ClN3O6. The second kappa shape index (κ2) is 39.1. The number of hydrogen-bond acceptors (Lipinski definition) is 8. The number of hydrogen-bond donors (Lipinski definition) is 1. The third-order valence-electron chi connectivity index (χ3n) is 13.3. The number of carbonyl (C=O) groups is 2. The maximum Gasteiger partial charge on any atom is 0.306 e. The second-order valence-electron chi connectivity index (χ2n) is 19.0. The summed E-state index contributed by atoms with van der Waals surface area (Å²) in [6, 6.07) is 1.85. The fourth-order valence-corrected chi connectivity index (χ4v) is 9.30. The number of carbonyl (C=O) groups excluding carboxylic acids is 2. The van der Waals surface area contributed by atoms with Crippen LogP contribution in [0.3, 0.4) is 0 Å². The number of aromatic nitrogens is 2. The van der Waals surface area contributed by atoms with Gasteiger partial charge in [0.1, 0.15) is 12.7 Å². The molecule has 0 spiro atoms. The molecule has 3 rings (SSSR count). The molecule has 0 saturated carbocycles. The molecule has 2 aliphatic heterocycles. The van der Waals surface area contributed by atoms with Gasteiger partial charge in [-0.2, -0.15) is 4.98 Å². The molecule has 1 N–H and O–H groups in total. The van der Waals surface area contributed by atoms with Gasteiger partial charge in [0.2, 0.25) is 0 Å². The zero-order valence-corrected chi connectivity index (χ0v) is 41.5. The summed E-state index contributed by atoms with van der Waals surface area (Å²) >= 11 is 0. The maximum absolute atomic E-state index is 13.1. The fourth-order valence-electron chi connectivity index (χ4n) is 9.30. The lowest BCUT2D eigenvalue weighted by molar-refractivity contribution is -0.160. The standard InChI is InChI=1S/C53H95N3O6.ClH/c1-3-5-7-9-11-13-15-17-19-21-23-25-27-29-31-33-35-37-39-41-48(57)59-45-46-50(51-52(60-46)56-44-43-47(54)55-53(56)62-51)61-49(58)42-40-38-36-34-32-30-28-26-24-22-20-18-16-14-12-10-8-6-4-2;/h43-44,46,50-52,54H,3-42,45H2,1-2H3;1H/t46-,50-,51+,52-;/m1./s1. The Kier molecular flexibility index (Phi) is 35.4. The summed E-state index contributed by atoms with van der Waals surface area (Å²) in [7, 11) is 0. The van der Waals surface area contributed by atoms with Gasteiger partial charge in [-0.05, 0) is 18.9 Å². The summed E-state index contributed by atoms with van der Waals surface area (Å²) in [5.74, 6) is -0.526. The van der Waals surface area contributed by atoms with Crippen molar-refractivity contribution in [3.05, 3.63) is 17.8 Å². The SMILES string of the molecule is CCCCCCCCCCCCCCCCCCCCCC(=O)OC[C@H]1O[C@@H]2[C@@H](Oc3nc(=N)ccn32)[C@@H]1OC(=O)CCCCCCCCCCCCCCCCCCCCC.Cl. The van der Waals surface area contributed by atoms with Crippen LogP contribution >= 0.6 is 12.4 Å². The van der Waals surface area contributed by atoms with E-state index >= 15 is 0 Å². The van der Waals surface area contributed by atoms with Crippen molar-refractivity contribution in [1.29, 1.82) is 5.41 Å². The highest BCUT2D eigenvalue weighted by Crippen LogP contribution is 2.40. The Labute approximate surface area is 392 Å². The van der Waals surface area contributed by atoms with Gasteiger partial charge in [0, 0.05) is 19.0 Å². The van der Waals surface area contributed by atoms with Gasteiger partial charge in [-0.15, -0.1) is 12.4 Å². The van der Waals surface area contributed by atoms with Crippen LogP contribution in [0.5, 0.6) is 6.01 Å². The molecule has 366 valence electrons. The van der Waals surface area contributed by atoms with Crippen molar-refractivity contribution in [1.82, 2.24) is 9.55 Å². The first-order valence-electron chi connectivity index (χ1n) is 26.8. The molecular weight excluding hydrogens is 810 g/mol. The van der Waals surface area contributed by atoms with Crippen molar-refractivity contribution in [3.8, 4) is 6.01 Å². The number of halogens is 1. The highest BCUT2D eigenvalue weighted by Gasteiger charge is 2.54. The lowest BCUT2D eigenvalue weighted by atomic mass is 10.0. The van der Waals surface area contributed by atoms with Gasteiger partial charge in [0.05, 0.1) is 0 Å². The molecule has 1 fully saturated rings. The largest absolute Gasteiger partial charge is 0.463 e. The van der Waals surface area contributed by atoms with Gasteiger partial charge >= 0.3 is 17.9 Å². The topological polar surface area (TPSA) is 113 Å². The lowest BCUT2D eigenvalue weighted by Gasteiger charge is -2.22. The molecule has 0 radical (unpaired) electrons. The van der Waals surface area contributed by atoms with E-state index in [0.717, 1.165) is 38.5 Å². The number of esters is 2. The summed E-state index contributed by atoms with van der Waals surface area (Å²) in [4.78, 5) is 30.0. The van der Waals surface area contributed by atoms with Crippen LogP contribution in [0.4, 0.5) is 0 Å². The Hall–Kier alpha value is -2.13. The number of unbranched alkanes of at least 4 members (excludes halogenated alkanes) is 36. The predicted octanol–water partition coefficient (Wildman–Crippen LogP) is 15.5. The van der Waals surface area contributed by atoms with Crippen molar-refractivity contribution in [2.45, 2.75) is 295 Å². The Morgan fingerprint density at radius 3 is 1.29 bits per heavy atom. The van der Waals surface area contributed by atoms with Crippen LogP contribution in [0.25, 0.3) is 0 Å². The zero-order chi connectivity index (χ0) is 44.1. The lowest BCUT2D eigenvalue weighted by Crippen LogP contribution is -2.40. The maximum atomic E-state index is 13.1. The van der Waals surface area contributed by atoms with Crippen LogP contribution in [0.2, 0.25) is 0 Å². The smallest absolute Gasteiger partial charge is 0.306 e. The van der Waals surface area contributed by atoms with E-state index in [1.165, 1.54) is 205 Å². The van der Waals surface area contributed by atoms with Crippen LogP contribution in [0.1, 0.15) is 277 Å². The minimum absolute atomic E-state index is 0. The van der Waals surface area contributed by atoms with Gasteiger partial charge < -0.3 is 18.9 Å². The quantitative estimate of drug-likeness (QED) is 0.0513. The summed E-state index contributed by atoms with van der Waals surface area (Å²) in [6.07, 6.45) is 49.8. The molecule has 0 aromatic carbocycles. The molecule has 63 heavy (non-hydrogen) atoms. The molecule has 0 amide bonds. The molecule has 1 aromatic heterocycles. The van der Waals surface area contributed by atoms with E-state index in [9.17, 15) is 9.59 Å². The third kappa shape index (κ3) is 27.2. The van der Waals surface area contributed by atoms with E-state index in [1.807, 2.05) is 0 Å². The van der Waals surface area contributed by atoms with Crippen LogP contribution in [0.15, 0.2) is 12.3 Å². The van der Waals surface area contributed by atoms with Crippen molar-refractivity contribution in [3.63, 3.8) is 0 Å². The van der Waals surface area contributed by atoms with E-state index in [-0.39, 0.29) is 42.5 Å². The summed E-state index contributed by atoms with van der Waals surface area (Å²) < 4.78 is 25.8. The van der Waals surface area contributed by atoms with E-state index in [0.29, 0.717) is 12.8 Å².